The molecule has 1 aliphatic heterocycles. The summed E-state index contributed by atoms with van der Waals surface area (Å²) in [4.78, 5) is 0. The molecule has 5 rings (SSSR count). The summed E-state index contributed by atoms with van der Waals surface area (Å²) >= 11 is 0. The van der Waals surface area contributed by atoms with Gasteiger partial charge in [-0.15, -0.1) is 0 Å². The second-order valence-electron chi connectivity index (χ2n) is 10.4. The molecule has 5 aliphatic rings. The Hall–Kier alpha value is -0.130. The lowest BCUT2D eigenvalue weighted by Crippen LogP contribution is -2.70. The highest BCUT2D eigenvalue weighted by atomic mass is 32.3. The molecule has 1 spiro atoms. The van der Waals surface area contributed by atoms with E-state index in [1.807, 2.05) is 0 Å². The molecule has 0 aromatic carbocycles. The van der Waals surface area contributed by atoms with Crippen LogP contribution in [0.4, 0.5) is 0 Å². The van der Waals surface area contributed by atoms with Gasteiger partial charge in [0.2, 0.25) is 5.79 Å². The van der Waals surface area contributed by atoms with Gasteiger partial charge in [-0.2, -0.15) is 8.42 Å². The average molecular weight is 383 g/mol. The van der Waals surface area contributed by atoms with Crippen LogP contribution in [0.1, 0.15) is 85.0 Å². The van der Waals surface area contributed by atoms with Gasteiger partial charge >= 0.3 is 10.4 Å². The summed E-state index contributed by atoms with van der Waals surface area (Å²) in [7, 11) is -3.76. The van der Waals surface area contributed by atoms with Crippen LogP contribution in [0.25, 0.3) is 0 Å². The van der Waals surface area contributed by atoms with Gasteiger partial charge in [0.15, 0.2) is 0 Å². The lowest BCUT2D eigenvalue weighted by molar-refractivity contribution is -0.324. The molecular formula is C21H34O4S. The molecule has 7 atom stereocenters. The highest BCUT2D eigenvalue weighted by molar-refractivity contribution is 7.82. The average Bonchev–Trinajstić information content (AvgIpc) is 2.90. The molecule has 0 aromatic rings. The first-order valence-corrected chi connectivity index (χ1v) is 12.3. The fraction of sp³-hybridized carbons (Fsp3) is 1.00. The summed E-state index contributed by atoms with van der Waals surface area (Å²) in [5, 5.41) is 0. The molecule has 0 radical (unpaired) electrons. The van der Waals surface area contributed by atoms with Gasteiger partial charge in [0.1, 0.15) is 0 Å². The molecule has 5 heteroatoms. The van der Waals surface area contributed by atoms with Crippen molar-refractivity contribution in [1.82, 2.24) is 0 Å². The molecule has 0 bridgehead atoms. The normalized spacial score (nSPS) is 54.0. The van der Waals surface area contributed by atoms with Crippen molar-refractivity contribution in [3.63, 3.8) is 0 Å². The number of hydrogen-bond donors (Lipinski definition) is 0. The zero-order chi connectivity index (χ0) is 18.4. The summed E-state index contributed by atoms with van der Waals surface area (Å²) in [5.74, 6) is 2.62. The summed E-state index contributed by atoms with van der Waals surface area (Å²) in [6.07, 6.45) is 12.1. The van der Waals surface area contributed by atoms with Crippen molar-refractivity contribution < 1.29 is 16.8 Å². The third-order valence-electron chi connectivity index (χ3n) is 9.95. The Balaban J connectivity index is 1.52. The SMILES string of the molecule is CC[C@H]1CC[C@H]2[C@@H]3CC[C@@H]4CCCC5(OS(=O)(=O)O5)[C@]4(C)[C@H]3CC[C@]12C. The van der Waals surface area contributed by atoms with Gasteiger partial charge in [0, 0.05) is 11.8 Å². The topological polar surface area (TPSA) is 52.6 Å². The molecular weight excluding hydrogens is 348 g/mol. The Morgan fingerprint density at radius 2 is 1.69 bits per heavy atom. The van der Waals surface area contributed by atoms with Crippen molar-refractivity contribution >= 4 is 10.4 Å². The molecule has 4 nitrogen and oxygen atoms in total. The van der Waals surface area contributed by atoms with E-state index in [1.165, 1.54) is 51.4 Å². The zero-order valence-electron chi connectivity index (χ0n) is 16.5. The molecule has 0 unspecified atom stereocenters. The Kier molecular flexibility index (Phi) is 3.78. The van der Waals surface area contributed by atoms with Crippen LogP contribution in [-0.4, -0.2) is 14.2 Å². The molecule has 1 heterocycles. The molecule has 0 amide bonds. The monoisotopic (exact) mass is 382 g/mol. The molecule has 26 heavy (non-hydrogen) atoms. The second kappa shape index (κ2) is 5.48. The van der Waals surface area contributed by atoms with Crippen molar-refractivity contribution in [2.24, 2.45) is 40.4 Å². The summed E-state index contributed by atoms with van der Waals surface area (Å²) in [6.45, 7) is 7.23. The maximum absolute atomic E-state index is 11.8. The molecule has 148 valence electrons. The Bertz CT molecular complexity index is 691. The lowest BCUT2D eigenvalue weighted by Gasteiger charge is -2.66. The zero-order valence-corrected chi connectivity index (χ0v) is 17.3. The van der Waals surface area contributed by atoms with E-state index in [0.29, 0.717) is 17.3 Å². The van der Waals surface area contributed by atoms with Crippen molar-refractivity contribution in [2.45, 2.75) is 90.8 Å². The fourth-order valence-electron chi connectivity index (χ4n) is 8.70. The minimum atomic E-state index is -3.76. The number of rotatable bonds is 1. The summed E-state index contributed by atoms with van der Waals surface area (Å²) < 4.78 is 34.8. The molecule has 4 saturated carbocycles. The van der Waals surface area contributed by atoms with Gasteiger partial charge in [-0.3, -0.25) is 0 Å². The highest BCUT2D eigenvalue weighted by Crippen LogP contribution is 2.71. The van der Waals surface area contributed by atoms with Crippen LogP contribution < -0.4 is 0 Å². The predicted octanol–water partition coefficient (Wildman–Crippen LogP) is 5.04. The van der Waals surface area contributed by atoms with Crippen LogP contribution in [0.15, 0.2) is 0 Å². The third-order valence-corrected chi connectivity index (χ3v) is 10.9. The largest absolute Gasteiger partial charge is 0.405 e. The van der Waals surface area contributed by atoms with Gasteiger partial charge in [-0.05, 0) is 86.4 Å². The van der Waals surface area contributed by atoms with E-state index >= 15 is 0 Å². The first-order chi connectivity index (χ1) is 12.3. The fourth-order valence-corrected chi connectivity index (χ4v) is 9.89. The third kappa shape index (κ3) is 2.06. The Morgan fingerprint density at radius 1 is 0.923 bits per heavy atom. The first kappa shape index (κ1) is 17.9. The molecule has 0 N–H and O–H groups in total. The van der Waals surface area contributed by atoms with Crippen LogP contribution in [-0.2, 0) is 18.8 Å². The van der Waals surface area contributed by atoms with E-state index in [2.05, 4.69) is 20.8 Å². The van der Waals surface area contributed by atoms with Gasteiger partial charge in [0.25, 0.3) is 0 Å². The number of fused-ring (bicyclic) bond motifs is 6. The van der Waals surface area contributed by atoms with Crippen LogP contribution in [0, 0.1) is 40.4 Å². The summed E-state index contributed by atoms with van der Waals surface area (Å²) in [5.41, 5.74) is 0.347. The van der Waals surface area contributed by atoms with Crippen molar-refractivity contribution in [3.8, 4) is 0 Å². The van der Waals surface area contributed by atoms with Gasteiger partial charge < -0.3 is 0 Å². The van der Waals surface area contributed by atoms with E-state index in [0.717, 1.165) is 30.6 Å². The smallest absolute Gasteiger partial charge is 0.211 e. The second-order valence-corrected chi connectivity index (χ2v) is 11.5. The van der Waals surface area contributed by atoms with E-state index < -0.39 is 16.2 Å². The first-order valence-electron chi connectivity index (χ1n) is 10.9. The highest BCUT2D eigenvalue weighted by Gasteiger charge is 2.72. The van der Waals surface area contributed by atoms with Crippen LogP contribution >= 0.6 is 0 Å². The maximum Gasteiger partial charge on any atom is 0.405 e. The van der Waals surface area contributed by atoms with Gasteiger partial charge in [-0.1, -0.05) is 27.2 Å². The molecule has 4 aliphatic carbocycles. The minimum Gasteiger partial charge on any atom is -0.211 e. The lowest BCUT2D eigenvalue weighted by atomic mass is 9.43. The maximum atomic E-state index is 11.8. The van der Waals surface area contributed by atoms with Crippen LogP contribution in [0.2, 0.25) is 0 Å². The number of hydrogen-bond acceptors (Lipinski definition) is 4. The van der Waals surface area contributed by atoms with E-state index in [9.17, 15) is 8.42 Å². The van der Waals surface area contributed by atoms with Gasteiger partial charge in [-0.25, -0.2) is 8.37 Å². The Labute approximate surface area is 158 Å². The summed E-state index contributed by atoms with van der Waals surface area (Å²) in [6, 6.07) is 0. The molecule has 1 saturated heterocycles. The predicted molar refractivity (Wildman–Crippen MR) is 99.3 cm³/mol. The standard InChI is InChI=1S/C21H34O4S/c1-4-14-8-10-17-16-9-7-15-6-5-12-21(24-26(22,23)25-21)20(15,3)18(16)11-13-19(14,17)2/h14-18H,4-13H2,1-3H3/t14-,15-,16-,17-,18-,19+,20-/m0/s1. The minimum absolute atomic E-state index is 0.148. The van der Waals surface area contributed by atoms with E-state index in [1.54, 1.807) is 0 Å². The van der Waals surface area contributed by atoms with Crippen LogP contribution in [0.5, 0.6) is 0 Å². The Morgan fingerprint density at radius 3 is 2.38 bits per heavy atom. The van der Waals surface area contributed by atoms with Crippen molar-refractivity contribution in [1.29, 1.82) is 0 Å². The quantitative estimate of drug-likeness (QED) is 0.637. The van der Waals surface area contributed by atoms with Crippen LogP contribution in [0.3, 0.4) is 0 Å². The van der Waals surface area contributed by atoms with E-state index in [4.69, 9.17) is 8.37 Å². The van der Waals surface area contributed by atoms with Crippen molar-refractivity contribution in [2.75, 3.05) is 0 Å². The van der Waals surface area contributed by atoms with Gasteiger partial charge in [0.05, 0.1) is 0 Å². The molecule has 5 fully saturated rings. The molecule has 0 aromatic heterocycles. The van der Waals surface area contributed by atoms with E-state index in [-0.39, 0.29) is 5.41 Å². The van der Waals surface area contributed by atoms with Crippen molar-refractivity contribution in [3.05, 3.63) is 0 Å².